The van der Waals surface area contributed by atoms with Crippen molar-refractivity contribution in [2.75, 3.05) is 19.0 Å². The van der Waals surface area contributed by atoms with E-state index in [1.165, 1.54) is 7.11 Å². The van der Waals surface area contributed by atoms with Crippen molar-refractivity contribution in [3.05, 3.63) is 59.1 Å². The minimum Gasteiger partial charge on any atom is -0.497 e. The molecule has 0 bridgehead atoms. The van der Waals surface area contributed by atoms with E-state index in [0.717, 1.165) is 0 Å². The average molecular weight is 319 g/mol. The van der Waals surface area contributed by atoms with Crippen LogP contribution in [-0.2, 0) is 4.79 Å². The van der Waals surface area contributed by atoms with Crippen LogP contribution in [0.2, 0.25) is 5.02 Å². The molecule has 0 saturated heterocycles. The highest BCUT2D eigenvalue weighted by atomic mass is 35.5. The van der Waals surface area contributed by atoms with Crippen molar-refractivity contribution in [3.8, 4) is 5.75 Å². The number of methoxy groups -OCH3 is 1. The molecule has 5 nitrogen and oxygen atoms in total. The molecule has 2 aromatic rings. The maximum atomic E-state index is 11.8. The first-order valence-corrected chi connectivity index (χ1v) is 6.94. The predicted octanol–water partition coefficient (Wildman–Crippen LogP) is 2.72. The van der Waals surface area contributed by atoms with Gasteiger partial charge in [0.2, 0.25) is 5.91 Å². The fraction of sp³-hybridized carbons (Fsp3) is 0.125. The maximum absolute atomic E-state index is 11.8. The Morgan fingerprint density at radius 3 is 2.50 bits per heavy atom. The van der Waals surface area contributed by atoms with Crippen LogP contribution >= 0.6 is 11.6 Å². The van der Waals surface area contributed by atoms with E-state index in [-0.39, 0.29) is 18.4 Å². The predicted molar refractivity (Wildman–Crippen MR) is 85.4 cm³/mol. The van der Waals surface area contributed by atoms with Gasteiger partial charge in [-0.1, -0.05) is 29.8 Å². The lowest BCUT2D eigenvalue weighted by Crippen LogP contribution is -2.32. The molecular weight excluding hydrogens is 304 g/mol. The van der Waals surface area contributed by atoms with Crippen LogP contribution in [0.25, 0.3) is 0 Å². The Kier molecular flexibility index (Phi) is 5.38. The molecule has 2 amide bonds. The highest BCUT2D eigenvalue weighted by Gasteiger charge is 2.09. The van der Waals surface area contributed by atoms with E-state index in [1.807, 2.05) is 6.07 Å². The van der Waals surface area contributed by atoms with Gasteiger partial charge in [-0.05, 0) is 24.3 Å². The molecule has 0 aliphatic rings. The number of amides is 2. The Morgan fingerprint density at radius 2 is 1.86 bits per heavy atom. The summed E-state index contributed by atoms with van der Waals surface area (Å²) in [6, 6.07) is 13.6. The summed E-state index contributed by atoms with van der Waals surface area (Å²) in [5.74, 6) is -0.0756. The molecule has 0 spiro atoms. The number of anilines is 1. The molecule has 22 heavy (non-hydrogen) atoms. The topological polar surface area (TPSA) is 67.4 Å². The van der Waals surface area contributed by atoms with Gasteiger partial charge < -0.3 is 15.4 Å². The summed E-state index contributed by atoms with van der Waals surface area (Å²) in [5, 5.41) is 5.53. The zero-order valence-corrected chi connectivity index (χ0v) is 12.7. The highest BCUT2D eigenvalue weighted by Crippen LogP contribution is 2.26. The van der Waals surface area contributed by atoms with Crippen molar-refractivity contribution in [1.29, 1.82) is 0 Å². The van der Waals surface area contributed by atoms with Crippen LogP contribution in [0.5, 0.6) is 5.75 Å². The molecule has 0 atom stereocenters. The monoisotopic (exact) mass is 318 g/mol. The average Bonchev–Trinajstić information content (AvgIpc) is 2.55. The maximum Gasteiger partial charge on any atom is 0.251 e. The van der Waals surface area contributed by atoms with E-state index in [9.17, 15) is 9.59 Å². The summed E-state index contributed by atoms with van der Waals surface area (Å²) in [4.78, 5) is 23.7. The third-order valence-corrected chi connectivity index (χ3v) is 3.21. The van der Waals surface area contributed by atoms with E-state index in [1.54, 1.807) is 42.5 Å². The lowest BCUT2D eigenvalue weighted by atomic mass is 10.2. The number of ether oxygens (including phenoxy) is 1. The summed E-state index contributed by atoms with van der Waals surface area (Å²) in [6.07, 6.45) is 0. The smallest absolute Gasteiger partial charge is 0.251 e. The van der Waals surface area contributed by atoms with Crippen LogP contribution in [0.15, 0.2) is 48.5 Å². The van der Waals surface area contributed by atoms with E-state index >= 15 is 0 Å². The van der Waals surface area contributed by atoms with Crippen LogP contribution < -0.4 is 15.4 Å². The number of rotatable bonds is 5. The SMILES string of the molecule is COc1ccc(NC(=O)CNC(=O)c2ccccc2)c(Cl)c1. The van der Waals surface area contributed by atoms with E-state index in [0.29, 0.717) is 22.0 Å². The standard InChI is InChI=1S/C16H15ClN2O3/c1-22-12-7-8-14(13(17)9-12)19-15(20)10-18-16(21)11-5-3-2-4-6-11/h2-9H,10H2,1H3,(H,18,21)(H,19,20). The molecule has 0 unspecified atom stereocenters. The molecule has 6 heteroatoms. The number of carbonyl (C=O) groups excluding carboxylic acids is 2. The third-order valence-electron chi connectivity index (χ3n) is 2.90. The number of hydrogen-bond acceptors (Lipinski definition) is 3. The first-order chi connectivity index (χ1) is 10.6. The largest absolute Gasteiger partial charge is 0.497 e. The van der Waals surface area contributed by atoms with Crippen LogP contribution in [0, 0.1) is 0 Å². The lowest BCUT2D eigenvalue weighted by Gasteiger charge is -2.09. The fourth-order valence-corrected chi connectivity index (χ4v) is 1.99. The van der Waals surface area contributed by atoms with Gasteiger partial charge in [-0.3, -0.25) is 9.59 Å². The van der Waals surface area contributed by atoms with E-state index in [2.05, 4.69) is 10.6 Å². The van der Waals surface area contributed by atoms with Crippen molar-refractivity contribution in [3.63, 3.8) is 0 Å². The first kappa shape index (κ1) is 15.9. The molecule has 0 heterocycles. The number of hydrogen-bond donors (Lipinski definition) is 2. The zero-order valence-electron chi connectivity index (χ0n) is 11.9. The Labute approximate surface area is 133 Å². The Balaban J connectivity index is 1.89. The molecule has 0 aliphatic carbocycles. The molecule has 2 N–H and O–H groups in total. The number of nitrogens with one attached hydrogen (secondary N) is 2. The number of carbonyl (C=O) groups is 2. The Bertz CT molecular complexity index is 674. The number of benzene rings is 2. The first-order valence-electron chi connectivity index (χ1n) is 6.57. The van der Waals surface area contributed by atoms with Gasteiger partial charge in [-0.25, -0.2) is 0 Å². The van der Waals surface area contributed by atoms with E-state index < -0.39 is 0 Å². The van der Waals surface area contributed by atoms with Crippen molar-refractivity contribution in [2.45, 2.75) is 0 Å². The summed E-state index contributed by atoms with van der Waals surface area (Å²) < 4.78 is 5.03. The molecule has 0 fully saturated rings. The molecule has 2 rings (SSSR count). The van der Waals surface area contributed by atoms with Crippen molar-refractivity contribution < 1.29 is 14.3 Å². The van der Waals surface area contributed by atoms with Crippen molar-refractivity contribution in [2.24, 2.45) is 0 Å². The molecule has 0 aromatic heterocycles. The van der Waals surface area contributed by atoms with Gasteiger partial charge in [-0.2, -0.15) is 0 Å². The second-order valence-electron chi connectivity index (χ2n) is 4.44. The second-order valence-corrected chi connectivity index (χ2v) is 4.85. The van der Waals surface area contributed by atoms with Crippen LogP contribution in [0.4, 0.5) is 5.69 Å². The summed E-state index contributed by atoms with van der Waals surface area (Å²) >= 11 is 6.03. The van der Waals surface area contributed by atoms with Gasteiger partial charge in [0.25, 0.3) is 5.91 Å². The summed E-state index contributed by atoms with van der Waals surface area (Å²) in [6.45, 7) is -0.143. The fourth-order valence-electron chi connectivity index (χ4n) is 1.77. The van der Waals surface area contributed by atoms with Gasteiger partial charge >= 0.3 is 0 Å². The van der Waals surface area contributed by atoms with Gasteiger partial charge in [0.05, 0.1) is 24.4 Å². The highest BCUT2D eigenvalue weighted by molar-refractivity contribution is 6.33. The number of halogens is 1. The van der Waals surface area contributed by atoms with Crippen molar-refractivity contribution >= 4 is 29.1 Å². The van der Waals surface area contributed by atoms with Crippen LogP contribution in [0.3, 0.4) is 0 Å². The summed E-state index contributed by atoms with van der Waals surface area (Å²) in [5.41, 5.74) is 0.958. The molecular formula is C16H15ClN2O3. The Hall–Kier alpha value is -2.53. The minimum atomic E-state index is -0.364. The molecule has 0 saturated carbocycles. The third kappa shape index (κ3) is 4.23. The van der Waals surface area contributed by atoms with Crippen LogP contribution in [0.1, 0.15) is 10.4 Å². The molecule has 0 aliphatic heterocycles. The van der Waals surface area contributed by atoms with Gasteiger partial charge in [0.1, 0.15) is 5.75 Å². The van der Waals surface area contributed by atoms with Crippen molar-refractivity contribution in [1.82, 2.24) is 5.32 Å². The van der Waals surface area contributed by atoms with E-state index in [4.69, 9.17) is 16.3 Å². The second kappa shape index (κ2) is 7.47. The normalized spacial score (nSPS) is 9.91. The molecule has 0 radical (unpaired) electrons. The lowest BCUT2D eigenvalue weighted by molar-refractivity contribution is -0.115. The zero-order chi connectivity index (χ0) is 15.9. The molecule has 2 aromatic carbocycles. The van der Waals surface area contributed by atoms with Gasteiger partial charge in [0.15, 0.2) is 0 Å². The van der Waals surface area contributed by atoms with Crippen LogP contribution in [-0.4, -0.2) is 25.5 Å². The summed E-state index contributed by atoms with van der Waals surface area (Å²) in [7, 11) is 1.53. The molecule has 114 valence electrons. The van der Waals surface area contributed by atoms with Gasteiger partial charge in [-0.15, -0.1) is 0 Å². The van der Waals surface area contributed by atoms with Gasteiger partial charge in [0, 0.05) is 11.6 Å². The Morgan fingerprint density at radius 1 is 1.14 bits per heavy atom. The minimum absolute atomic E-state index is 0.143. The quantitative estimate of drug-likeness (QED) is 0.890.